The van der Waals surface area contributed by atoms with E-state index in [1.807, 2.05) is 0 Å². The van der Waals surface area contributed by atoms with Gasteiger partial charge in [-0.15, -0.1) is 6.42 Å². The number of nitrogens with one attached hydrogen (secondary N) is 3. The fourth-order valence-electron chi connectivity index (χ4n) is 1.02. The lowest BCUT2D eigenvalue weighted by Crippen LogP contribution is -2.38. The van der Waals surface area contributed by atoms with Crippen LogP contribution in [0.2, 0.25) is 0 Å². The molecule has 0 fully saturated rings. The van der Waals surface area contributed by atoms with Crippen LogP contribution in [0.5, 0.6) is 0 Å². The first-order valence-electron chi connectivity index (χ1n) is 4.55. The van der Waals surface area contributed by atoms with Crippen molar-refractivity contribution in [1.29, 1.82) is 5.41 Å². The highest BCUT2D eigenvalue weighted by Gasteiger charge is 2.14. The molecule has 6 heteroatoms. The van der Waals surface area contributed by atoms with Gasteiger partial charge in [0.15, 0.2) is 5.96 Å². The lowest BCUT2D eigenvalue weighted by molar-refractivity contribution is -0.139. The largest absolute Gasteiger partial charge is 0.480 e. The first kappa shape index (κ1) is 13.3. The van der Waals surface area contributed by atoms with E-state index >= 15 is 0 Å². The Morgan fingerprint density at radius 1 is 1.67 bits per heavy atom. The van der Waals surface area contributed by atoms with Crippen LogP contribution in [0.25, 0.3) is 0 Å². The molecular weight excluding hydrogens is 196 g/mol. The maximum absolute atomic E-state index is 10.7. The molecule has 6 N–H and O–H groups in total. The number of guanidine groups is 1. The number of hydrogen-bond acceptors (Lipinski definition) is 3. The normalized spacial score (nSPS) is 11.4. The Kier molecular flexibility index (Phi) is 6.76. The second-order valence-corrected chi connectivity index (χ2v) is 2.96. The topological polar surface area (TPSA) is 111 Å². The lowest BCUT2D eigenvalue weighted by Gasteiger charge is -2.12. The van der Waals surface area contributed by atoms with E-state index < -0.39 is 12.0 Å². The Hall–Kier alpha value is -1.74. The van der Waals surface area contributed by atoms with Crippen LogP contribution in [0, 0.1) is 17.8 Å². The van der Waals surface area contributed by atoms with Gasteiger partial charge < -0.3 is 16.2 Å². The molecule has 0 spiro atoms. The molecule has 84 valence electrons. The monoisotopic (exact) mass is 212 g/mol. The van der Waals surface area contributed by atoms with Gasteiger partial charge in [0.2, 0.25) is 0 Å². The number of nitrogens with two attached hydrogens (primary N) is 1. The summed E-state index contributed by atoms with van der Waals surface area (Å²) in [5.74, 6) is 1.28. The van der Waals surface area contributed by atoms with Crippen molar-refractivity contribution in [3.8, 4) is 12.3 Å². The van der Waals surface area contributed by atoms with Crippen molar-refractivity contribution >= 4 is 11.9 Å². The van der Waals surface area contributed by atoms with Crippen molar-refractivity contribution in [2.45, 2.75) is 18.9 Å². The fourth-order valence-corrected chi connectivity index (χ4v) is 1.02. The molecule has 0 saturated heterocycles. The minimum atomic E-state index is -0.923. The van der Waals surface area contributed by atoms with Gasteiger partial charge in [-0.3, -0.25) is 15.5 Å². The molecule has 1 atom stereocenters. The summed E-state index contributed by atoms with van der Waals surface area (Å²) in [5, 5.41) is 21.0. The standard InChI is InChI=1S/C9H16N4O2/c1-2-5-12-7(8(14)15)4-3-6-13-9(10)11/h1,7,12H,3-6H2,(H,14,15)(H4,10,11,13)/t7-/m0/s1. The summed E-state index contributed by atoms with van der Waals surface area (Å²) in [6.45, 7) is 0.716. The maximum Gasteiger partial charge on any atom is 0.320 e. The van der Waals surface area contributed by atoms with E-state index in [9.17, 15) is 4.79 Å². The number of hydrogen-bond donors (Lipinski definition) is 5. The third-order valence-corrected chi connectivity index (χ3v) is 1.73. The molecule has 0 aliphatic rings. The van der Waals surface area contributed by atoms with Crippen LogP contribution >= 0.6 is 0 Å². The molecule has 0 aliphatic carbocycles. The van der Waals surface area contributed by atoms with Crippen LogP contribution < -0.4 is 16.4 Å². The number of aliphatic carboxylic acids is 1. The van der Waals surface area contributed by atoms with Crippen molar-refractivity contribution in [3.63, 3.8) is 0 Å². The van der Waals surface area contributed by atoms with Gasteiger partial charge in [0.1, 0.15) is 6.04 Å². The van der Waals surface area contributed by atoms with Crippen molar-refractivity contribution < 1.29 is 9.90 Å². The molecule has 0 aliphatic heterocycles. The molecule has 0 amide bonds. The molecule has 0 aromatic rings. The third-order valence-electron chi connectivity index (χ3n) is 1.73. The smallest absolute Gasteiger partial charge is 0.320 e. The van der Waals surface area contributed by atoms with E-state index in [1.165, 1.54) is 0 Å². The summed E-state index contributed by atoms with van der Waals surface area (Å²) < 4.78 is 0. The number of carboxylic acid groups (broad SMARTS) is 1. The highest BCUT2D eigenvalue weighted by atomic mass is 16.4. The van der Waals surface area contributed by atoms with Gasteiger partial charge in [-0.1, -0.05) is 5.92 Å². The quantitative estimate of drug-likeness (QED) is 0.160. The summed E-state index contributed by atoms with van der Waals surface area (Å²) in [6.07, 6.45) is 6.06. The van der Waals surface area contributed by atoms with Gasteiger partial charge in [-0.05, 0) is 12.8 Å². The fraction of sp³-hybridized carbons (Fsp3) is 0.556. The molecule has 0 heterocycles. The van der Waals surface area contributed by atoms with E-state index in [1.54, 1.807) is 0 Å². The third kappa shape index (κ3) is 7.34. The summed E-state index contributed by atoms with van der Waals surface area (Å²) >= 11 is 0. The predicted molar refractivity (Wildman–Crippen MR) is 57.4 cm³/mol. The predicted octanol–water partition coefficient (Wildman–Crippen LogP) is -1.07. The Balaban J connectivity index is 3.72. The molecule has 15 heavy (non-hydrogen) atoms. The summed E-state index contributed by atoms with van der Waals surface area (Å²) in [7, 11) is 0. The van der Waals surface area contributed by atoms with Crippen molar-refractivity contribution in [2.24, 2.45) is 5.73 Å². The average molecular weight is 212 g/mol. The summed E-state index contributed by atoms with van der Waals surface area (Å²) in [6, 6.07) is -0.644. The van der Waals surface area contributed by atoms with Crippen LogP contribution in [0.3, 0.4) is 0 Å². The number of carboxylic acids is 1. The van der Waals surface area contributed by atoms with E-state index in [0.29, 0.717) is 19.4 Å². The highest BCUT2D eigenvalue weighted by Crippen LogP contribution is 1.96. The average Bonchev–Trinajstić information content (AvgIpc) is 2.15. The molecule has 0 unspecified atom stereocenters. The molecule has 0 bridgehead atoms. The van der Waals surface area contributed by atoms with Crippen LogP contribution in [0.1, 0.15) is 12.8 Å². The Labute approximate surface area is 88.7 Å². The van der Waals surface area contributed by atoms with E-state index in [-0.39, 0.29) is 12.5 Å². The number of terminal acetylenes is 1. The molecule has 0 radical (unpaired) electrons. The maximum atomic E-state index is 10.7. The Morgan fingerprint density at radius 3 is 2.80 bits per heavy atom. The van der Waals surface area contributed by atoms with Crippen LogP contribution in [-0.2, 0) is 4.79 Å². The van der Waals surface area contributed by atoms with Gasteiger partial charge >= 0.3 is 5.97 Å². The SMILES string of the molecule is C#CCN[C@@H](CCCNC(=N)N)C(=O)O. The van der Waals surface area contributed by atoms with Gasteiger partial charge in [0, 0.05) is 6.54 Å². The van der Waals surface area contributed by atoms with Crippen molar-refractivity contribution in [3.05, 3.63) is 0 Å². The van der Waals surface area contributed by atoms with E-state index in [2.05, 4.69) is 16.6 Å². The van der Waals surface area contributed by atoms with E-state index in [4.69, 9.17) is 22.7 Å². The number of carbonyl (C=O) groups is 1. The van der Waals surface area contributed by atoms with Gasteiger partial charge in [0.25, 0.3) is 0 Å². The van der Waals surface area contributed by atoms with E-state index in [0.717, 1.165) is 0 Å². The highest BCUT2D eigenvalue weighted by molar-refractivity contribution is 5.74. The Morgan fingerprint density at radius 2 is 2.33 bits per heavy atom. The van der Waals surface area contributed by atoms with Crippen molar-refractivity contribution in [2.75, 3.05) is 13.1 Å². The number of rotatable bonds is 7. The first-order valence-corrected chi connectivity index (χ1v) is 4.55. The van der Waals surface area contributed by atoms with Gasteiger partial charge in [0.05, 0.1) is 6.54 Å². The molecule has 0 aromatic heterocycles. The van der Waals surface area contributed by atoms with Gasteiger partial charge in [-0.25, -0.2) is 0 Å². The first-order chi connectivity index (χ1) is 7.07. The van der Waals surface area contributed by atoms with Crippen LogP contribution in [-0.4, -0.2) is 36.2 Å². The second kappa shape index (κ2) is 7.64. The molecule has 0 saturated carbocycles. The molecule has 0 aromatic carbocycles. The molecule has 0 rings (SSSR count). The van der Waals surface area contributed by atoms with Crippen molar-refractivity contribution in [1.82, 2.24) is 10.6 Å². The van der Waals surface area contributed by atoms with Crippen LogP contribution in [0.4, 0.5) is 0 Å². The summed E-state index contributed by atoms with van der Waals surface area (Å²) in [5.41, 5.74) is 5.06. The molecular formula is C9H16N4O2. The zero-order valence-electron chi connectivity index (χ0n) is 8.42. The minimum Gasteiger partial charge on any atom is -0.480 e. The van der Waals surface area contributed by atoms with Gasteiger partial charge in [-0.2, -0.15) is 0 Å². The second-order valence-electron chi connectivity index (χ2n) is 2.96. The zero-order valence-corrected chi connectivity index (χ0v) is 8.42. The molecule has 6 nitrogen and oxygen atoms in total. The zero-order chi connectivity index (χ0) is 11.7. The Bertz CT molecular complexity index is 259. The minimum absolute atomic E-state index is 0.113. The van der Waals surface area contributed by atoms with Crippen LogP contribution in [0.15, 0.2) is 0 Å². The summed E-state index contributed by atoms with van der Waals surface area (Å²) in [4.78, 5) is 10.7. The lowest BCUT2D eigenvalue weighted by atomic mass is 10.1.